The molecule has 0 aliphatic heterocycles. The summed E-state index contributed by atoms with van der Waals surface area (Å²) in [4.78, 5) is 21.7. The van der Waals surface area contributed by atoms with Crippen molar-refractivity contribution < 1.29 is 18.8 Å². The Balaban J connectivity index is 2.51. The third-order valence-corrected chi connectivity index (χ3v) is 2.62. The highest BCUT2D eigenvalue weighted by Crippen LogP contribution is 2.34. The minimum atomic E-state index is -0.754. The largest absolute Gasteiger partial charge is 0.446 e. The number of hydrogen-bond acceptors (Lipinski definition) is 4. The van der Waals surface area contributed by atoms with Gasteiger partial charge in [0.25, 0.3) is 0 Å². The molecule has 0 saturated carbocycles. The van der Waals surface area contributed by atoms with Gasteiger partial charge in [0, 0.05) is 6.07 Å². The molecule has 0 aromatic heterocycles. The van der Waals surface area contributed by atoms with E-state index in [4.69, 9.17) is 4.74 Å². The maximum absolute atomic E-state index is 13.8. The average Bonchev–Trinajstić information content (AvgIpc) is 2.41. The molecule has 0 N–H and O–H groups in total. The summed E-state index contributed by atoms with van der Waals surface area (Å²) in [5.74, 6) is -1.58. The maximum Gasteiger partial charge on any atom is 0.311 e. The Morgan fingerprint density at radius 3 is 2.55 bits per heavy atom. The number of Topliss-reactive ketones (excluding diaryl/α,β-unsaturated/α-hetero) is 1. The number of carbonyl (C=O) groups is 1. The molecule has 5 nitrogen and oxygen atoms in total. The van der Waals surface area contributed by atoms with E-state index in [0.29, 0.717) is 0 Å². The minimum Gasteiger partial charge on any atom is -0.446 e. The SMILES string of the molecule is CC(=O)c1cccc(F)c1Oc1ccccc1[N+](=O)[O-]. The predicted molar refractivity (Wildman–Crippen MR) is 69.6 cm³/mol. The molecule has 0 radical (unpaired) electrons. The molecule has 0 atom stereocenters. The van der Waals surface area contributed by atoms with E-state index in [9.17, 15) is 19.3 Å². The zero-order chi connectivity index (χ0) is 14.7. The second-order valence-corrected chi connectivity index (χ2v) is 4.00. The summed E-state index contributed by atoms with van der Waals surface area (Å²) in [5.41, 5.74) is -0.270. The fourth-order valence-corrected chi connectivity index (χ4v) is 1.69. The van der Waals surface area contributed by atoms with Crippen LogP contribution in [0.3, 0.4) is 0 Å². The van der Waals surface area contributed by atoms with Crippen molar-refractivity contribution in [1.29, 1.82) is 0 Å². The third kappa shape index (κ3) is 2.64. The molecule has 0 unspecified atom stereocenters. The van der Waals surface area contributed by atoms with Crippen molar-refractivity contribution in [3.63, 3.8) is 0 Å². The highest BCUT2D eigenvalue weighted by Gasteiger charge is 2.19. The highest BCUT2D eigenvalue weighted by molar-refractivity contribution is 5.97. The molecule has 0 bridgehead atoms. The summed E-state index contributed by atoms with van der Waals surface area (Å²) >= 11 is 0. The van der Waals surface area contributed by atoms with Gasteiger partial charge in [-0.2, -0.15) is 0 Å². The van der Waals surface area contributed by atoms with Crippen LogP contribution in [-0.2, 0) is 0 Å². The number of nitrogens with zero attached hydrogens (tertiary/aromatic N) is 1. The van der Waals surface area contributed by atoms with Crippen LogP contribution in [-0.4, -0.2) is 10.7 Å². The molecule has 20 heavy (non-hydrogen) atoms. The quantitative estimate of drug-likeness (QED) is 0.484. The number of halogens is 1. The van der Waals surface area contributed by atoms with E-state index >= 15 is 0 Å². The molecule has 0 saturated heterocycles. The van der Waals surface area contributed by atoms with Gasteiger partial charge in [0.15, 0.2) is 17.3 Å². The van der Waals surface area contributed by atoms with Gasteiger partial charge >= 0.3 is 5.69 Å². The molecule has 6 heteroatoms. The number of benzene rings is 2. The maximum atomic E-state index is 13.8. The first-order valence-electron chi connectivity index (χ1n) is 5.71. The van der Waals surface area contributed by atoms with Crippen LogP contribution in [0, 0.1) is 15.9 Å². The molecule has 0 amide bonds. The van der Waals surface area contributed by atoms with Gasteiger partial charge < -0.3 is 4.74 Å². The van der Waals surface area contributed by atoms with Gasteiger partial charge in [-0.15, -0.1) is 0 Å². The third-order valence-electron chi connectivity index (χ3n) is 2.62. The van der Waals surface area contributed by atoms with Crippen LogP contribution >= 0.6 is 0 Å². The van der Waals surface area contributed by atoms with E-state index in [-0.39, 0.29) is 22.7 Å². The molecule has 0 aliphatic rings. The van der Waals surface area contributed by atoms with Crippen LogP contribution in [0.1, 0.15) is 17.3 Å². The second-order valence-electron chi connectivity index (χ2n) is 4.00. The van der Waals surface area contributed by atoms with Gasteiger partial charge in [-0.3, -0.25) is 14.9 Å². The first kappa shape index (κ1) is 13.7. The van der Waals surface area contributed by atoms with Crippen LogP contribution in [0.5, 0.6) is 11.5 Å². The summed E-state index contributed by atoms with van der Waals surface area (Å²) in [7, 11) is 0. The summed E-state index contributed by atoms with van der Waals surface area (Å²) < 4.78 is 19.0. The lowest BCUT2D eigenvalue weighted by atomic mass is 10.1. The van der Waals surface area contributed by atoms with E-state index in [1.165, 1.54) is 43.3 Å². The van der Waals surface area contributed by atoms with E-state index in [1.54, 1.807) is 0 Å². The summed E-state index contributed by atoms with van der Waals surface area (Å²) in [5, 5.41) is 10.9. The normalized spacial score (nSPS) is 10.1. The van der Waals surface area contributed by atoms with Crippen molar-refractivity contribution in [2.24, 2.45) is 0 Å². The number of ether oxygens (including phenoxy) is 1. The molecule has 0 heterocycles. The summed E-state index contributed by atoms with van der Waals surface area (Å²) in [6.45, 7) is 1.26. The smallest absolute Gasteiger partial charge is 0.311 e. The van der Waals surface area contributed by atoms with Crippen molar-refractivity contribution in [2.75, 3.05) is 0 Å². The Morgan fingerprint density at radius 1 is 1.20 bits per heavy atom. The van der Waals surface area contributed by atoms with Crippen molar-refractivity contribution in [2.45, 2.75) is 6.92 Å². The number of nitro groups is 1. The highest BCUT2D eigenvalue weighted by atomic mass is 19.1. The standard InChI is InChI=1S/C14H10FNO4/c1-9(17)10-5-4-6-11(15)14(10)20-13-8-3-2-7-12(13)16(18)19/h2-8H,1H3. The Bertz CT molecular complexity index is 685. The lowest BCUT2D eigenvalue weighted by Gasteiger charge is -2.10. The molecule has 102 valence electrons. The molecule has 0 aliphatic carbocycles. The lowest BCUT2D eigenvalue weighted by molar-refractivity contribution is -0.385. The van der Waals surface area contributed by atoms with Crippen molar-refractivity contribution >= 4 is 11.5 Å². The van der Waals surface area contributed by atoms with Crippen LogP contribution in [0.15, 0.2) is 42.5 Å². The van der Waals surface area contributed by atoms with Crippen LogP contribution in [0.4, 0.5) is 10.1 Å². The molecule has 2 aromatic carbocycles. The molecular weight excluding hydrogens is 265 g/mol. The number of ketones is 1. The van der Waals surface area contributed by atoms with Gasteiger partial charge in [0.2, 0.25) is 5.75 Å². The summed E-state index contributed by atoms with van der Waals surface area (Å²) in [6.07, 6.45) is 0. The van der Waals surface area contributed by atoms with Gasteiger partial charge in [-0.05, 0) is 25.1 Å². The zero-order valence-corrected chi connectivity index (χ0v) is 10.5. The Hall–Kier alpha value is -2.76. The minimum absolute atomic E-state index is 0.0307. The Labute approximate surface area is 113 Å². The lowest BCUT2D eigenvalue weighted by Crippen LogP contribution is -2.01. The molecular formula is C14H10FNO4. The van der Waals surface area contributed by atoms with E-state index in [2.05, 4.69) is 0 Å². The van der Waals surface area contributed by atoms with Crippen LogP contribution in [0.2, 0.25) is 0 Å². The van der Waals surface area contributed by atoms with Gasteiger partial charge in [-0.25, -0.2) is 4.39 Å². The van der Waals surface area contributed by atoms with E-state index in [1.807, 2.05) is 0 Å². The topological polar surface area (TPSA) is 69.4 Å². The first-order valence-corrected chi connectivity index (χ1v) is 5.71. The van der Waals surface area contributed by atoms with E-state index in [0.717, 1.165) is 6.07 Å². The number of hydrogen-bond donors (Lipinski definition) is 0. The fourth-order valence-electron chi connectivity index (χ4n) is 1.69. The van der Waals surface area contributed by atoms with Gasteiger partial charge in [0.05, 0.1) is 10.5 Å². The molecule has 0 fully saturated rings. The first-order chi connectivity index (χ1) is 9.50. The van der Waals surface area contributed by atoms with Crippen LogP contribution in [0.25, 0.3) is 0 Å². The van der Waals surface area contributed by atoms with Crippen LogP contribution < -0.4 is 4.74 Å². The summed E-state index contributed by atoms with van der Waals surface area (Å²) in [6, 6.07) is 9.47. The molecule has 2 aromatic rings. The van der Waals surface area contributed by atoms with Gasteiger partial charge in [0.1, 0.15) is 0 Å². The van der Waals surface area contributed by atoms with Gasteiger partial charge in [-0.1, -0.05) is 18.2 Å². The predicted octanol–water partition coefficient (Wildman–Crippen LogP) is 3.73. The number of para-hydroxylation sites is 3. The fraction of sp³-hybridized carbons (Fsp3) is 0.0714. The second kappa shape index (κ2) is 5.48. The molecule has 0 spiro atoms. The zero-order valence-electron chi connectivity index (χ0n) is 10.5. The Morgan fingerprint density at radius 2 is 1.90 bits per heavy atom. The van der Waals surface area contributed by atoms with Crippen molar-refractivity contribution in [3.05, 3.63) is 64.0 Å². The number of nitro benzene ring substituents is 1. The Kier molecular flexibility index (Phi) is 3.74. The van der Waals surface area contributed by atoms with Crippen molar-refractivity contribution in [3.8, 4) is 11.5 Å². The monoisotopic (exact) mass is 275 g/mol. The average molecular weight is 275 g/mol. The number of carbonyl (C=O) groups excluding carboxylic acids is 1. The number of rotatable bonds is 4. The molecule has 2 rings (SSSR count). The van der Waals surface area contributed by atoms with Crippen molar-refractivity contribution in [1.82, 2.24) is 0 Å². The van der Waals surface area contributed by atoms with E-state index < -0.39 is 16.5 Å².